The molecule has 1 aliphatic heterocycles. The lowest BCUT2D eigenvalue weighted by molar-refractivity contribution is -0.132. The van der Waals surface area contributed by atoms with Gasteiger partial charge in [-0.05, 0) is 42.5 Å². The number of urea groups is 1. The number of fused-ring (bicyclic) bond motifs is 2. The number of hydrogen-bond donors (Lipinski definition) is 3. The van der Waals surface area contributed by atoms with E-state index in [9.17, 15) is 9.59 Å². The SMILES string of the molecule is Cc1ccccc1Nc1nc(N)nc(CN2C(=O)N[C@@]3(CCc4ccccc43)C2=O)n1. The van der Waals surface area contributed by atoms with Gasteiger partial charge in [0.05, 0.1) is 6.54 Å². The Morgan fingerprint density at radius 2 is 1.87 bits per heavy atom. The van der Waals surface area contributed by atoms with Crippen LogP contribution in [0.5, 0.6) is 0 Å². The number of nitrogens with zero attached hydrogens (tertiary/aromatic N) is 4. The normalized spacial score (nSPS) is 19.6. The molecule has 2 heterocycles. The van der Waals surface area contributed by atoms with Crippen molar-refractivity contribution in [3.63, 3.8) is 0 Å². The van der Waals surface area contributed by atoms with E-state index in [1.54, 1.807) is 0 Å². The van der Waals surface area contributed by atoms with Crippen molar-refractivity contribution >= 4 is 29.5 Å². The van der Waals surface area contributed by atoms with Crippen LogP contribution in [0.2, 0.25) is 0 Å². The number of carbonyl (C=O) groups is 2. The fourth-order valence-electron chi connectivity index (χ4n) is 4.27. The number of anilines is 3. The zero-order chi connectivity index (χ0) is 21.6. The van der Waals surface area contributed by atoms with Crippen molar-refractivity contribution in [3.05, 3.63) is 71.0 Å². The molecule has 2 aromatic carbocycles. The standard InChI is InChI=1S/C22H21N7O2/c1-13-6-2-5-9-16(13)24-20-26-17(25-19(23)27-20)12-29-18(30)22(28-21(29)31)11-10-14-7-3-4-8-15(14)22/h2-9H,10-12H2,1H3,(H,28,31)(H3,23,24,25,26,27)/t22-/m1/s1. The van der Waals surface area contributed by atoms with E-state index in [-0.39, 0.29) is 30.2 Å². The zero-order valence-corrected chi connectivity index (χ0v) is 16.9. The van der Waals surface area contributed by atoms with Crippen molar-refractivity contribution in [1.29, 1.82) is 0 Å². The molecule has 1 fully saturated rings. The lowest BCUT2D eigenvalue weighted by Crippen LogP contribution is -2.41. The minimum Gasteiger partial charge on any atom is -0.368 e. The van der Waals surface area contributed by atoms with Gasteiger partial charge in [-0.2, -0.15) is 15.0 Å². The van der Waals surface area contributed by atoms with Gasteiger partial charge < -0.3 is 16.4 Å². The molecule has 0 saturated carbocycles. The van der Waals surface area contributed by atoms with Crippen LogP contribution in [0.1, 0.15) is 28.9 Å². The van der Waals surface area contributed by atoms with Crippen molar-refractivity contribution in [2.75, 3.05) is 11.1 Å². The van der Waals surface area contributed by atoms with E-state index < -0.39 is 11.6 Å². The highest BCUT2D eigenvalue weighted by Crippen LogP contribution is 2.41. The molecule has 1 aliphatic carbocycles. The average Bonchev–Trinajstić information content (AvgIpc) is 3.23. The molecule has 0 bridgehead atoms. The van der Waals surface area contributed by atoms with Crippen LogP contribution in [-0.4, -0.2) is 31.8 Å². The number of benzene rings is 2. The summed E-state index contributed by atoms with van der Waals surface area (Å²) in [6, 6.07) is 14.9. The van der Waals surface area contributed by atoms with Crippen LogP contribution in [0.4, 0.5) is 22.4 Å². The Hall–Kier alpha value is -4.01. The molecule has 1 spiro atoms. The highest BCUT2D eigenvalue weighted by molar-refractivity contribution is 6.08. The zero-order valence-electron chi connectivity index (χ0n) is 16.9. The van der Waals surface area contributed by atoms with Gasteiger partial charge in [-0.3, -0.25) is 9.69 Å². The second-order valence-electron chi connectivity index (χ2n) is 7.76. The molecule has 2 aliphatic rings. The Bertz CT molecular complexity index is 1210. The number of aromatic nitrogens is 3. The molecular weight excluding hydrogens is 394 g/mol. The second kappa shape index (κ2) is 7.05. The summed E-state index contributed by atoms with van der Waals surface area (Å²) in [6.07, 6.45) is 1.27. The molecule has 1 saturated heterocycles. The first kappa shape index (κ1) is 19.0. The molecule has 9 nitrogen and oxygen atoms in total. The third-order valence-electron chi connectivity index (χ3n) is 5.81. The first-order valence-corrected chi connectivity index (χ1v) is 10.0. The minimum absolute atomic E-state index is 0.00839. The van der Waals surface area contributed by atoms with E-state index in [0.717, 1.165) is 33.7 Å². The fourth-order valence-corrected chi connectivity index (χ4v) is 4.27. The number of carbonyl (C=O) groups excluding carboxylic acids is 2. The van der Waals surface area contributed by atoms with Gasteiger partial charge in [0.2, 0.25) is 11.9 Å². The molecule has 9 heteroatoms. The van der Waals surface area contributed by atoms with Crippen LogP contribution in [0.3, 0.4) is 0 Å². The largest absolute Gasteiger partial charge is 0.368 e. The van der Waals surface area contributed by atoms with Gasteiger partial charge >= 0.3 is 6.03 Å². The summed E-state index contributed by atoms with van der Waals surface area (Å²) in [7, 11) is 0. The van der Waals surface area contributed by atoms with Gasteiger partial charge in [0, 0.05) is 5.69 Å². The molecule has 1 atom stereocenters. The molecule has 1 aromatic heterocycles. The number of nitrogen functional groups attached to an aromatic ring is 1. The number of amides is 3. The molecule has 4 N–H and O–H groups in total. The first-order valence-electron chi connectivity index (χ1n) is 10.0. The Balaban J connectivity index is 1.42. The highest BCUT2D eigenvalue weighted by atomic mass is 16.2. The first-order chi connectivity index (χ1) is 15.0. The van der Waals surface area contributed by atoms with Gasteiger partial charge in [-0.1, -0.05) is 42.5 Å². The highest BCUT2D eigenvalue weighted by Gasteiger charge is 2.55. The van der Waals surface area contributed by atoms with Crippen LogP contribution in [-0.2, 0) is 23.3 Å². The van der Waals surface area contributed by atoms with E-state index in [4.69, 9.17) is 5.73 Å². The van der Waals surface area contributed by atoms with Crippen molar-refractivity contribution in [1.82, 2.24) is 25.2 Å². The van der Waals surface area contributed by atoms with Crippen molar-refractivity contribution in [2.24, 2.45) is 0 Å². The molecule has 5 rings (SSSR count). The van der Waals surface area contributed by atoms with E-state index >= 15 is 0 Å². The third kappa shape index (κ3) is 3.14. The molecule has 0 unspecified atom stereocenters. The molecule has 156 valence electrons. The van der Waals surface area contributed by atoms with Crippen LogP contribution < -0.4 is 16.4 Å². The number of nitrogens with one attached hydrogen (secondary N) is 2. The quantitative estimate of drug-likeness (QED) is 0.559. The predicted molar refractivity (Wildman–Crippen MR) is 114 cm³/mol. The van der Waals surface area contributed by atoms with Gasteiger partial charge in [-0.25, -0.2) is 4.79 Å². The summed E-state index contributed by atoms with van der Waals surface area (Å²) < 4.78 is 0. The minimum atomic E-state index is -1.02. The lowest BCUT2D eigenvalue weighted by atomic mass is 9.92. The lowest BCUT2D eigenvalue weighted by Gasteiger charge is -2.22. The molecular formula is C22H21N7O2. The number of aryl methyl sites for hydroxylation is 2. The average molecular weight is 415 g/mol. The number of imide groups is 1. The summed E-state index contributed by atoms with van der Waals surface area (Å²) >= 11 is 0. The van der Waals surface area contributed by atoms with Crippen LogP contribution in [0.15, 0.2) is 48.5 Å². The Morgan fingerprint density at radius 3 is 2.71 bits per heavy atom. The van der Waals surface area contributed by atoms with Crippen molar-refractivity contribution in [2.45, 2.75) is 31.8 Å². The monoisotopic (exact) mass is 415 g/mol. The van der Waals surface area contributed by atoms with Crippen LogP contribution in [0.25, 0.3) is 0 Å². The Morgan fingerprint density at radius 1 is 1.10 bits per heavy atom. The van der Waals surface area contributed by atoms with Crippen LogP contribution in [0, 0.1) is 6.92 Å². The van der Waals surface area contributed by atoms with Crippen molar-refractivity contribution in [3.8, 4) is 0 Å². The predicted octanol–water partition coefficient (Wildman–Crippen LogP) is 2.40. The third-order valence-corrected chi connectivity index (χ3v) is 5.81. The maximum atomic E-state index is 13.3. The number of nitrogens with two attached hydrogens (primary N) is 1. The van der Waals surface area contributed by atoms with Gasteiger partial charge in [0.1, 0.15) is 5.54 Å². The molecule has 3 amide bonds. The van der Waals surface area contributed by atoms with Gasteiger partial charge in [0.15, 0.2) is 5.82 Å². The maximum absolute atomic E-state index is 13.3. The van der Waals surface area contributed by atoms with E-state index in [0.29, 0.717) is 6.42 Å². The smallest absolute Gasteiger partial charge is 0.325 e. The maximum Gasteiger partial charge on any atom is 0.325 e. The van der Waals surface area contributed by atoms with E-state index in [1.165, 1.54) is 0 Å². The van der Waals surface area contributed by atoms with Gasteiger partial charge in [0.25, 0.3) is 5.91 Å². The summed E-state index contributed by atoms with van der Waals surface area (Å²) in [5, 5.41) is 6.02. The topological polar surface area (TPSA) is 126 Å². The summed E-state index contributed by atoms with van der Waals surface area (Å²) in [4.78, 5) is 39.9. The van der Waals surface area contributed by atoms with Crippen molar-refractivity contribution < 1.29 is 9.59 Å². The van der Waals surface area contributed by atoms with E-state index in [2.05, 4.69) is 25.6 Å². The molecule has 31 heavy (non-hydrogen) atoms. The second-order valence-corrected chi connectivity index (χ2v) is 7.76. The summed E-state index contributed by atoms with van der Waals surface area (Å²) in [6.45, 7) is 1.86. The molecule has 0 radical (unpaired) electrons. The van der Waals surface area contributed by atoms with E-state index in [1.807, 2.05) is 55.5 Å². The summed E-state index contributed by atoms with van der Waals surface area (Å²) in [5.74, 6) is 0.198. The van der Waals surface area contributed by atoms with Gasteiger partial charge in [-0.15, -0.1) is 0 Å². The molecule has 3 aromatic rings. The Kier molecular flexibility index (Phi) is 4.32. The number of para-hydroxylation sites is 1. The summed E-state index contributed by atoms with van der Waals surface area (Å²) in [5.41, 5.74) is 8.62. The van der Waals surface area contributed by atoms with Crippen LogP contribution >= 0.6 is 0 Å². The number of hydrogen-bond acceptors (Lipinski definition) is 7. The fraction of sp³-hybridized carbons (Fsp3) is 0.227. The Labute approximate surface area is 178 Å². The number of rotatable bonds is 4.